The lowest BCUT2D eigenvalue weighted by atomic mass is 10.1. The maximum absolute atomic E-state index is 13.4. The third-order valence-electron chi connectivity index (χ3n) is 2.33. The van der Waals surface area contributed by atoms with Gasteiger partial charge in [-0.15, -0.1) is 0 Å². The zero-order valence-corrected chi connectivity index (χ0v) is 9.38. The standard InChI is InChI=1S/C14H10FNO2/c15-11-8-4-5-9-12(11)16-13(14(17)18)10-6-2-1-3-7-10/h1-9H,(H,17,18). The molecule has 0 atom stereocenters. The van der Waals surface area contributed by atoms with Crippen molar-refractivity contribution in [3.05, 3.63) is 66.0 Å². The minimum absolute atomic E-state index is 0.0127. The van der Waals surface area contributed by atoms with E-state index in [9.17, 15) is 9.18 Å². The molecular weight excluding hydrogens is 233 g/mol. The molecule has 0 aliphatic carbocycles. The molecule has 0 amide bonds. The molecule has 90 valence electrons. The molecule has 0 aliphatic heterocycles. The van der Waals surface area contributed by atoms with Crippen molar-refractivity contribution in [2.75, 3.05) is 0 Å². The predicted octanol–water partition coefficient (Wildman–Crippen LogP) is 3.03. The molecule has 0 bridgehead atoms. The van der Waals surface area contributed by atoms with Gasteiger partial charge >= 0.3 is 5.97 Å². The van der Waals surface area contributed by atoms with Gasteiger partial charge in [0.2, 0.25) is 0 Å². The summed E-state index contributed by atoms with van der Waals surface area (Å²) in [4.78, 5) is 15.0. The van der Waals surface area contributed by atoms with E-state index >= 15 is 0 Å². The average molecular weight is 243 g/mol. The number of aliphatic carboxylic acids is 1. The molecular formula is C14H10FNO2. The number of halogens is 1. The van der Waals surface area contributed by atoms with Gasteiger partial charge in [-0.25, -0.2) is 14.2 Å². The largest absolute Gasteiger partial charge is 0.476 e. The summed E-state index contributed by atoms with van der Waals surface area (Å²) < 4.78 is 13.4. The summed E-state index contributed by atoms with van der Waals surface area (Å²) >= 11 is 0. The highest BCUT2D eigenvalue weighted by Gasteiger charge is 2.13. The van der Waals surface area contributed by atoms with Gasteiger partial charge in [-0.1, -0.05) is 42.5 Å². The number of hydrogen-bond donors (Lipinski definition) is 1. The van der Waals surface area contributed by atoms with Gasteiger partial charge in [-0.3, -0.25) is 0 Å². The summed E-state index contributed by atoms with van der Waals surface area (Å²) in [7, 11) is 0. The first-order valence-corrected chi connectivity index (χ1v) is 5.30. The maximum Gasteiger partial charge on any atom is 0.355 e. The third-order valence-corrected chi connectivity index (χ3v) is 2.33. The Morgan fingerprint density at radius 1 is 1.00 bits per heavy atom. The molecule has 1 N–H and O–H groups in total. The summed E-state index contributed by atoms with van der Waals surface area (Å²) in [5.74, 6) is -1.74. The fourth-order valence-electron chi connectivity index (χ4n) is 1.49. The minimum Gasteiger partial charge on any atom is -0.476 e. The van der Waals surface area contributed by atoms with Gasteiger partial charge < -0.3 is 5.11 Å². The van der Waals surface area contributed by atoms with Crippen LogP contribution in [-0.4, -0.2) is 16.8 Å². The number of nitrogens with zero attached hydrogens (tertiary/aromatic N) is 1. The zero-order valence-electron chi connectivity index (χ0n) is 9.38. The summed E-state index contributed by atoms with van der Waals surface area (Å²) in [5, 5.41) is 9.13. The van der Waals surface area contributed by atoms with Crippen LogP contribution in [0.4, 0.5) is 10.1 Å². The molecule has 0 aliphatic rings. The molecule has 0 spiro atoms. The summed E-state index contributed by atoms with van der Waals surface area (Å²) in [6.45, 7) is 0. The zero-order chi connectivity index (χ0) is 13.0. The summed E-state index contributed by atoms with van der Waals surface area (Å²) in [6.07, 6.45) is 0. The minimum atomic E-state index is -1.19. The van der Waals surface area contributed by atoms with E-state index in [1.165, 1.54) is 18.2 Å². The maximum atomic E-state index is 13.4. The Hall–Kier alpha value is -2.49. The molecule has 0 saturated heterocycles. The van der Waals surface area contributed by atoms with Crippen molar-refractivity contribution in [3.8, 4) is 0 Å². The van der Waals surface area contributed by atoms with Crippen LogP contribution < -0.4 is 0 Å². The van der Waals surface area contributed by atoms with Crippen molar-refractivity contribution in [2.24, 2.45) is 4.99 Å². The SMILES string of the molecule is O=C(O)C(=Nc1ccccc1F)c1ccccc1. The molecule has 4 heteroatoms. The van der Waals surface area contributed by atoms with Crippen molar-refractivity contribution in [2.45, 2.75) is 0 Å². The number of rotatable bonds is 3. The fraction of sp³-hybridized carbons (Fsp3) is 0. The fourth-order valence-corrected chi connectivity index (χ4v) is 1.49. The van der Waals surface area contributed by atoms with Crippen molar-refractivity contribution >= 4 is 17.4 Å². The van der Waals surface area contributed by atoms with E-state index in [4.69, 9.17) is 5.11 Å². The van der Waals surface area contributed by atoms with Gasteiger partial charge in [-0.2, -0.15) is 0 Å². The second-order valence-corrected chi connectivity index (χ2v) is 3.58. The Balaban J connectivity index is 2.50. The van der Waals surface area contributed by atoms with Crippen LogP contribution in [0, 0.1) is 5.82 Å². The second-order valence-electron chi connectivity index (χ2n) is 3.58. The monoisotopic (exact) mass is 243 g/mol. The van der Waals surface area contributed by atoms with E-state index in [0.717, 1.165) is 0 Å². The normalized spacial score (nSPS) is 11.3. The van der Waals surface area contributed by atoms with Crippen LogP contribution in [0.3, 0.4) is 0 Å². The first kappa shape index (κ1) is 12.0. The van der Waals surface area contributed by atoms with E-state index in [2.05, 4.69) is 4.99 Å². The molecule has 0 radical (unpaired) electrons. The van der Waals surface area contributed by atoms with E-state index in [1.54, 1.807) is 36.4 Å². The second kappa shape index (κ2) is 5.23. The molecule has 0 fully saturated rings. The lowest BCUT2D eigenvalue weighted by Gasteiger charge is -2.02. The number of carbonyl (C=O) groups is 1. The molecule has 0 saturated carbocycles. The number of carboxylic acid groups (broad SMARTS) is 1. The van der Waals surface area contributed by atoms with Crippen LogP contribution in [0.1, 0.15) is 5.56 Å². The van der Waals surface area contributed by atoms with Crippen LogP contribution in [-0.2, 0) is 4.79 Å². The van der Waals surface area contributed by atoms with Crippen LogP contribution in [0.5, 0.6) is 0 Å². The Morgan fingerprint density at radius 2 is 1.61 bits per heavy atom. The predicted molar refractivity (Wildman–Crippen MR) is 66.7 cm³/mol. The molecule has 3 nitrogen and oxygen atoms in total. The van der Waals surface area contributed by atoms with E-state index in [1.807, 2.05) is 0 Å². The molecule has 18 heavy (non-hydrogen) atoms. The first-order valence-electron chi connectivity index (χ1n) is 5.30. The Labute approximate surface area is 103 Å². The Morgan fingerprint density at radius 3 is 2.22 bits per heavy atom. The number of para-hydroxylation sites is 1. The van der Waals surface area contributed by atoms with E-state index in [-0.39, 0.29) is 11.4 Å². The van der Waals surface area contributed by atoms with E-state index < -0.39 is 11.8 Å². The van der Waals surface area contributed by atoms with Crippen LogP contribution in [0.25, 0.3) is 0 Å². The third kappa shape index (κ3) is 2.60. The van der Waals surface area contributed by atoms with E-state index in [0.29, 0.717) is 5.56 Å². The Kier molecular flexibility index (Phi) is 3.48. The lowest BCUT2D eigenvalue weighted by Crippen LogP contribution is -2.14. The highest BCUT2D eigenvalue weighted by Crippen LogP contribution is 2.18. The smallest absolute Gasteiger partial charge is 0.355 e. The first-order chi connectivity index (χ1) is 8.68. The van der Waals surface area contributed by atoms with Crippen LogP contribution in [0.15, 0.2) is 59.6 Å². The van der Waals surface area contributed by atoms with Crippen molar-refractivity contribution < 1.29 is 14.3 Å². The average Bonchev–Trinajstić information content (AvgIpc) is 2.38. The van der Waals surface area contributed by atoms with Gasteiger partial charge in [0.25, 0.3) is 0 Å². The van der Waals surface area contributed by atoms with Crippen molar-refractivity contribution in [1.82, 2.24) is 0 Å². The van der Waals surface area contributed by atoms with Gasteiger partial charge in [0.15, 0.2) is 5.71 Å². The van der Waals surface area contributed by atoms with Crippen LogP contribution in [0.2, 0.25) is 0 Å². The number of carboxylic acids is 1. The molecule has 2 rings (SSSR count). The topological polar surface area (TPSA) is 49.7 Å². The highest BCUT2D eigenvalue weighted by atomic mass is 19.1. The molecule has 0 aromatic heterocycles. The Bertz CT molecular complexity index is 594. The van der Waals surface area contributed by atoms with Gasteiger partial charge in [-0.05, 0) is 12.1 Å². The van der Waals surface area contributed by atoms with Crippen molar-refractivity contribution in [1.29, 1.82) is 0 Å². The van der Waals surface area contributed by atoms with Crippen LogP contribution >= 0.6 is 0 Å². The summed E-state index contributed by atoms with van der Waals surface area (Å²) in [6, 6.07) is 14.2. The molecule has 2 aromatic rings. The van der Waals surface area contributed by atoms with Crippen molar-refractivity contribution in [3.63, 3.8) is 0 Å². The number of benzene rings is 2. The number of hydrogen-bond acceptors (Lipinski definition) is 2. The van der Waals surface area contributed by atoms with Gasteiger partial charge in [0, 0.05) is 5.56 Å². The van der Waals surface area contributed by atoms with Gasteiger partial charge in [0.1, 0.15) is 5.82 Å². The lowest BCUT2D eigenvalue weighted by molar-refractivity contribution is -0.129. The summed E-state index contributed by atoms with van der Waals surface area (Å²) in [5.41, 5.74) is 0.271. The highest BCUT2D eigenvalue weighted by molar-refractivity contribution is 6.43. The molecule has 0 unspecified atom stereocenters. The van der Waals surface area contributed by atoms with Gasteiger partial charge in [0.05, 0.1) is 5.69 Å². The molecule has 0 heterocycles. The number of aliphatic imine (C=N–C) groups is 1. The quantitative estimate of drug-likeness (QED) is 0.842. The molecule has 2 aromatic carbocycles.